The molecule has 0 bridgehead atoms. The van der Waals surface area contributed by atoms with Crippen LogP contribution in [0.3, 0.4) is 0 Å². The lowest BCUT2D eigenvalue weighted by Crippen LogP contribution is -2.61. The largest absolute Gasteiger partial charge is 0.368 e. The van der Waals surface area contributed by atoms with E-state index in [0.717, 1.165) is 36.6 Å². The summed E-state index contributed by atoms with van der Waals surface area (Å²) in [4.78, 5) is 28.3. The molecule has 29 heavy (non-hydrogen) atoms. The molecule has 150 valence electrons. The number of para-hydroxylation sites is 1. The Kier molecular flexibility index (Phi) is 5.20. The Morgan fingerprint density at radius 2 is 2.03 bits per heavy atom. The standard InChI is InChI=1S/C22H24N4O3/c1-2-10-23-22(27)19-14-16-13-18(26(28)29)8-9-20(16)25-12-11-24(15-21(19)25)17-6-4-3-5-7-17/h2-9,13,19,21H,1,10-12,14-15H2,(H,23,27)/t19-,21+/m0/s1. The first kappa shape index (κ1) is 19.0. The van der Waals surface area contributed by atoms with E-state index in [4.69, 9.17) is 0 Å². The Morgan fingerprint density at radius 1 is 1.24 bits per heavy atom. The fourth-order valence-electron chi connectivity index (χ4n) is 4.40. The fourth-order valence-corrected chi connectivity index (χ4v) is 4.40. The zero-order valence-electron chi connectivity index (χ0n) is 16.2. The van der Waals surface area contributed by atoms with Crippen LogP contribution >= 0.6 is 0 Å². The number of carbonyl (C=O) groups is 1. The van der Waals surface area contributed by atoms with Gasteiger partial charge in [-0.15, -0.1) is 6.58 Å². The van der Waals surface area contributed by atoms with Crippen molar-refractivity contribution in [1.29, 1.82) is 0 Å². The molecule has 1 N–H and O–H groups in total. The van der Waals surface area contributed by atoms with Gasteiger partial charge in [-0.3, -0.25) is 14.9 Å². The molecule has 2 aliphatic rings. The second-order valence-corrected chi connectivity index (χ2v) is 7.46. The summed E-state index contributed by atoms with van der Waals surface area (Å²) in [6.45, 7) is 6.40. The van der Waals surface area contributed by atoms with Gasteiger partial charge in [-0.2, -0.15) is 0 Å². The number of amides is 1. The summed E-state index contributed by atoms with van der Waals surface area (Å²) in [5, 5.41) is 14.1. The molecule has 0 radical (unpaired) electrons. The smallest absolute Gasteiger partial charge is 0.269 e. The van der Waals surface area contributed by atoms with Crippen molar-refractivity contribution < 1.29 is 9.72 Å². The summed E-state index contributed by atoms with van der Waals surface area (Å²) < 4.78 is 0. The van der Waals surface area contributed by atoms with Gasteiger partial charge in [0.2, 0.25) is 5.91 Å². The van der Waals surface area contributed by atoms with Crippen molar-refractivity contribution in [1.82, 2.24) is 5.32 Å². The number of nitrogens with zero attached hydrogens (tertiary/aromatic N) is 3. The van der Waals surface area contributed by atoms with Crippen LogP contribution in [0.25, 0.3) is 0 Å². The molecule has 2 aromatic rings. The van der Waals surface area contributed by atoms with Gasteiger partial charge in [0.05, 0.1) is 16.9 Å². The molecule has 1 amide bonds. The first-order chi connectivity index (χ1) is 14.1. The highest BCUT2D eigenvalue weighted by Crippen LogP contribution is 2.38. The van der Waals surface area contributed by atoms with Gasteiger partial charge in [-0.1, -0.05) is 24.3 Å². The molecule has 2 heterocycles. The van der Waals surface area contributed by atoms with Crippen molar-refractivity contribution in [3.63, 3.8) is 0 Å². The zero-order chi connectivity index (χ0) is 20.4. The van der Waals surface area contributed by atoms with Crippen molar-refractivity contribution in [2.75, 3.05) is 36.0 Å². The van der Waals surface area contributed by atoms with Gasteiger partial charge in [-0.05, 0) is 30.2 Å². The Hall–Kier alpha value is -3.35. The molecule has 0 saturated carbocycles. The monoisotopic (exact) mass is 392 g/mol. The van der Waals surface area contributed by atoms with Crippen LogP contribution in [0, 0.1) is 16.0 Å². The number of anilines is 2. The van der Waals surface area contributed by atoms with Gasteiger partial charge in [0.25, 0.3) is 5.69 Å². The van der Waals surface area contributed by atoms with E-state index in [1.54, 1.807) is 18.2 Å². The lowest BCUT2D eigenvalue weighted by atomic mass is 9.83. The molecule has 2 atom stereocenters. The third kappa shape index (κ3) is 3.68. The van der Waals surface area contributed by atoms with Gasteiger partial charge in [0, 0.05) is 49.7 Å². The van der Waals surface area contributed by atoms with E-state index >= 15 is 0 Å². The van der Waals surface area contributed by atoms with Crippen molar-refractivity contribution >= 4 is 23.0 Å². The van der Waals surface area contributed by atoms with Gasteiger partial charge < -0.3 is 15.1 Å². The molecule has 0 aromatic heterocycles. The Labute approximate surface area is 169 Å². The number of benzene rings is 2. The SMILES string of the molecule is C=CCNC(=O)[C@H]1Cc2cc([N+](=O)[O-])ccc2N2CCN(c3ccccc3)C[C@H]12. The van der Waals surface area contributed by atoms with Crippen LogP contribution in [0.15, 0.2) is 61.2 Å². The zero-order valence-corrected chi connectivity index (χ0v) is 16.2. The van der Waals surface area contributed by atoms with E-state index < -0.39 is 0 Å². The Morgan fingerprint density at radius 3 is 2.76 bits per heavy atom. The van der Waals surface area contributed by atoms with Gasteiger partial charge in [0.15, 0.2) is 0 Å². The number of carbonyl (C=O) groups excluding carboxylic acids is 1. The molecule has 0 unspecified atom stereocenters. The van der Waals surface area contributed by atoms with E-state index in [1.165, 1.54) is 0 Å². The fraction of sp³-hybridized carbons (Fsp3) is 0.318. The number of rotatable bonds is 5. The Balaban J connectivity index is 1.67. The molecule has 2 aromatic carbocycles. The summed E-state index contributed by atoms with van der Waals surface area (Å²) in [6.07, 6.45) is 2.15. The van der Waals surface area contributed by atoms with Crippen LogP contribution in [-0.2, 0) is 11.2 Å². The third-order valence-corrected chi connectivity index (χ3v) is 5.78. The van der Waals surface area contributed by atoms with Crippen molar-refractivity contribution in [3.05, 3.63) is 76.9 Å². The van der Waals surface area contributed by atoms with Gasteiger partial charge >= 0.3 is 0 Å². The maximum Gasteiger partial charge on any atom is 0.269 e. The van der Waals surface area contributed by atoms with E-state index in [2.05, 4.69) is 33.8 Å². The first-order valence-electron chi connectivity index (χ1n) is 9.81. The quantitative estimate of drug-likeness (QED) is 0.481. The number of non-ortho nitro benzene ring substituents is 1. The number of hydrogen-bond acceptors (Lipinski definition) is 5. The minimum atomic E-state index is -0.382. The molecule has 7 heteroatoms. The normalized spacial score (nSPS) is 20.4. The molecular formula is C22H24N4O3. The summed E-state index contributed by atoms with van der Waals surface area (Å²) in [5.74, 6) is -0.317. The highest BCUT2D eigenvalue weighted by Gasteiger charge is 2.41. The predicted octanol–water partition coefficient (Wildman–Crippen LogP) is 2.76. The molecule has 2 aliphatic heterocycles. The molecule has 1 saturated heterocycles. The highest BCUT2D eigenvalue weighted by molar-refractivity contribution is 5.82. The maximum absolute atomic E-state index is 12.9. The van der Waals surface area contributed by atoms with Crippen LogP contribution in [0.1, 0.15) is 5.56 Å². The van der Waals surface area contributed by atoms with Crippen LogP contribution < -0.4 is 15.1 Å². The number of nitro benzene ring substituents is 1. The third-order valence-electron chi connectivity index (χ3n) is 5.78. The van der Waals surface area contributed by atoms with Gasteiger partial charge in [0.1, 0.15) is 0 Å². The minimum Gasteiger partial charge on any atom is -0.368 e. The van der Waals surface area contributed by atoms with Crippen molar-refractivity contribution in [3.8, 4) is 0 Å². The summed E-state index contributed by atoms with van der Waals surface area (Å²) in [5.41, 5.74) is 3.07. The van der Waals surface area contributed by atoms with Crippen LogP contribution in [-0.4, -0.2) is 43.1 Å². The number of hydrogen-bond donors (Lipinski definition) is 1. The molecule has 4 rings (SSSR count). The lowest BCUT2D eigenvalue weighted by Gasteiger charge is -2.49. The van der Waals surface area contributed by atoms with Gasteiger partial charge in [-0.25, -0.2) is 0 Å². The molecule has 0 aliphatic carbocycles. The molecule has 7 nitrogen and oxygen atoms in total. The van der Waals surface area contributed by atoms with E-state index in [0.29, 0.717) is 13.0 Å². The average molecular weight is 392 g/mol. The maximum atomic E-state index is 12.9. The highest BCUT2D eigenvalue weighted by atomic mass is 16.6. The number of nitro groups is 1. The van der Waals surface area contributed by atoms with Crippen LogP contribution in [0.4, 0.5) is 17.1 Å². The van der Waals surface area contributed by atoms with Crippen LogP contribution in [0.2, 0.25) is 0 Å². The second-order valence-electron chi connectivity index (χ2n) is 7.46. The summed E-state index contributed by atoms with van der Waals surface area (Å²) in [6, 6.07) is 15.2. The Bertz CT molecular complexity index is 931. The topological polar surface area (TPSA) is 78.7 Å². The molecule has 0 spiro atoms. The summed E-state index contributed by atoms with van der Waals surface area (Å²) >= 11 is 0. The van der Waals surface area contributed by atoms with Crippen molar-refractivity contribution in [2.24, 2.45) is 5.92 Å². The minimum absolute atomic E-state index is 0.00253. The number of piperazine rings is 1. The van der Waals surface area contributed by atoms with Crippen LogP contribution in [0.5, 0.6) is 0 Å². The predicted molar refractivity (Wildman–Crippen MR) is 113 cm³/mol. The lowest BCUT2D eigenvalue weighted by molar-refractivity contribution is -0.384. The summed E-state index contributed by atoms with van der Waals surface area (Å²) in [7, 11) is 0. The van der Waals surface area contributed by atoms with E-state index in [-0.39, 0.29) is 28.5 Å². The second kappa shape index (κ2) is 7.95. The number of fused-ring (bicyclic) bond motifs is 3. The first-order valence-corrected chi connectivity index (χ1v) is 9.81. The van der Waals surface area contributed by atoms with Crippen molar-refractivity contribution in [2.45, 2.75) is 12.5 Å². The average Bonchev–Trinajstić information content (AvgIpc) is 2.76. The van der Waals surface area contributed by atoms with E-state index in [1.807, 2.05) is 24.3 Å². The number of nitrogens with one attached hydrogen (secondary N) is 1. The van der Waals surface area contributed by atoms with E-state index in [9.17, 15) is 14.9 Å². The molecular weight excluding hydrogens is 368 g/mol. The molecule has 1 fully saturated rings.